The second kappa shape index (κ2) is 15.2. The highest BCUT2D eigenvalue weighted by molar-refractivity contribution is 7.92. The summed E-state index contributed by atoms with van der Waals surface area (Å²) < 4.78 is 31.7. The molecule has 0 fully saturated rings. The molecule has 1 N–H and O–H groups in total. The van der Waals surface area contributed by atoms with Crippen LogP contribution >= 0.6 is 23.2 Å². The van der Waals surface area contributed by atoms with Crippen LogP contribution in [0.4, 0.5) is 5.69 Å². The van der Waals surface area contributed by atoms with E-state index < -0.39 is 16.1 Å². The van der Waals surface area contributed by atoms with Crippen LogP contribution in [0.3, 0.4) is 0 Å². The predicted octanol–water partition coefficient (Wildman–Crippen LogP) is 5.27. The fraction of sp³-hybridized carbons (Fsp3) is 0.481. The van der Waals surface area contributed by atoms with Crippen LogP contribution in [0.5, 0.6) is 5.75 Å². The summed E-state index contributed by atoms with van der Waals surface area (Å²) in [6.07, 6.45) is 3.50. The van der Waals surface area contributed by atoms with Crippen molar-refractivity contribution in [1.82, 2.24) is 10.2 Å². The molecule has 11 heteroatoms. The van der Waals surface area contributed by atoms with Gasteiger partial charge in [-0.1, -0.05) is 61.7 Å². The number of methoxy groups -OCH3 is 1. The highest BCUT2D eigenvalue weighted by Gasteiger charge is 2.30. The molecule has 2 rings (SSSR count). The Morgan fingerprint density at radius 2 is 1.68 bits per heavy atom. The third-order valence-electron chi connectivity index (χ3n) is 6.11. The van der Waals surface area contributed by atoms with E-state index in [4.69, 9.17) is 27.9 Å². The number of sulfonamides is 1. The Labute approximate surface area is 236 Å². The maximum Gasteiger partial charge on any atom is 0.242 e. The lowest BCUT2D eigenvalue weighted by Crippen LogP contribution is -2.49. The Kier molecular flexibility index (Phi) is 12.7. The molecular formula is C27H37Cl2N3O5S. The molecule has 1 atom stereocenters. The summed E-state index contributed by atoms with van der Waals surface area (Å²) in [5.74, 6) is -0.134. The highest BCUT2D eigenvalue weighted by atomic mass is 35.5. The number of unbranched alkanes of at least 4 members (excludes halogenated alkanes) is 1. The van der Waals surface area contributed by atoms with Gasteiger partial charge in [0, 0.05) is 41.7 Å². The number of anilines is 1. The molecule has 210 valence electrons. The standard InChI is InChI=1S/C27H37Cl2N3O5S/c1-5-7-17-30-27(34)23(6-2)31(19-20-21(28)12-10-13-22(20)29)26(33)16-11-18-32(38(4,35)36)24-14-8-9-15-25(24)37-3/h8-10,12-15,23H,5-7,11,16-19H2,1-4H3,(H,30,34)/t23-/m1/s1. The van der Waals surface area contributed by atoms with Gasteiger partial charge in [0.2, 0.25) is 21.8 Å². The van der Waals surface area contributed by atoms with E-state index in [1.165, 1.54) is 16.3 Å². The zero-order chi connectivity index (χ0) is 28.3. The summed E-state index contributed by atoms with van der Waals surface area (Å²) >= 11 is 12.8. The molecule has 38 heavy (non-hydrogen) atoms. The zero-order valence-electron chi connectivity index (χ0n) is 22.4. The Hall–Kier alpha value is -2.49. The van der Waals surface area contributed by atoms with Gasteiger partial charge in [0.25, 0.3) is 0 Å². The van der Waals surface area contributed by atoms with Gasteiger partial charge in [-0.2, -0.15) is 0 Å². The Morgan fingerprint density at radius 1 is 1.03 bits per heavy atom. The number of carbonyl (C=O) groups excluding carboxylic acids is 2. The fourth-order valence-electron chi connectivity index (χ4n) is 4.10. The molecular weight excluding hydrogens is 549 g/mol. The molecule has 2 aromatic carbocycles. The van der Waals surface area contributed by atoms with E-state index in [2.05, 4.69) is 5.32 Å². The van der Waals surface area contributed by atoms with Crippen LogP contribution in [0.25, 0.3) is 0 Å². The third kappa shape index (κ3) is 8.78. The molecule has 0 saturated carbocycles. The summed E-state index contributed by atoms with van der Waals surface area (Å²) in [6, 6.07) is 11.2. The van der Waals surface area contributed by atoms with E-state index in [0.717, 1.165) is 19.1 Å². The van der Waals surface area contributed by atoms with Crippen molar-refractivity contribution >= 4 is 50.7 Å². The SMILES string of the molecule is CCCCNC(=O)[C@@H](CC)N(Cc1c(Cl)cccc1Cl)C(=O)CCCN(c1ccccc1OC)S(C)(=O)=O. The summed E-state index contributed by atoms with van der Waals surface area (Å²) in [6.45, 7) is 4.50. The molecule has 0 radical (unpaired) electrons. The topological polar surface area (TPSA) is 96.0 Å². The number of halogens is 2. The first-order chi connectivity index (χ1) is 18.0. The van der Waals surface area contributed by atoms with Gasteiger partial charge in [-0.3, -0.25) is 13.9 Å². The van der Waals surface area contributed by atoms with Gasteiger partial charge in [-0.25, -0.2) is 8.42 Å². The maximum absolute atomic E-state index is 13.6. The van der Waals surface area contributed by atoms with Crippen LogP contribution in [0.2, 0.25) is 10.0 Å². The second-order valence-electron chi connectivity index (χ2n) is 8.90. The summed E-state index contributed by atoms with van der Waals surface area (Å²) in [7, 11) is -2.18. The molecule has 0 spiro atoms. The van der Waals surface area contributed by atoms with Gasteiger partial charge in [0.05, 0.1) is 19.1 Å². The lowest BCUT2D eigenvalue weighted by molar-refractivity contribution is -0.141. The zero-order valence-corrected chi connectivity index (χ0v) is 24.7. The molecule has 0 bridgehead atoms. The Morgan fingerprint density at radius 3 is 2.26 bits per heavy atom. The molecule has 0 unspecified atom stereocenters. The van der Waals surface area contributed by atoms with Crippen molar-refractivity contribution in [3.8, 4) is 5.75 Å². The average Bonchev–Trinajstić information content (AvgIpc) is 2.87. The second-order valence-corrected chi connectivity index (χ2v) is 11.6. The van der Waals surface area contributed by atoms with Gasteiger partial charge in [0.15, 0.2) is 0 Å². The van der Waals surface area contributed by atoms with Crippen LogP contribution in [-0.2, 0) is 26.2 Å². The number of ether oxygens (including phenoxy) is 1. The molecule has 8 nitrogen and oxygen atoms in total. The first kappa shape index (κ1) is 31.7. The van der Waals surface area contributed by atoms with Crippen LogP contribution in [-0.4, -0.2) is 57.6 Å². The number of benzene rings is 2. The molecule has 0 aromatic heterocycles. The Bertz CT molecular complexity index is 1170. The van der Waals surface area contributed by atoms with Crippen molar-refractivity contribution in [2.75, 3.05) is 30.8 Å². The van der Waals surface area contributed by atoms with Crippen LogP contribution in [0, 0.1) is 0 Å². The van der Waals surface area contributed by atoms with Crippen molar-refractivity contribution in [1.29, 1.82) is 0 Å². The lowest BCUT2D eigenvalue weighted by Gasteiger charge is -2.31. The fourth-order valence-corrected chi connectivity index (χ4v) is 5.58. The third-order valence-corrected chi connectivity index (χ3v) is 8.00. The first-order valence-corrected chi connectivity index (χ1v) is 15.3. The molecule has 0 saturated heterocycles. The van der Waals surface area contributed by atoms with Gasteiger partial charge in [0.1, 0.15) is 11.8 Å². The number of amides is 2. The number of rotatable bonds is 15. The molecule has 2 amide bonds. The Balaban J connectivity index is 2.28. The quantitative estimate of drug-likeness (QED) is 0.287. The van der Waals surface area contributed by atoms with Crippen LogP contribution in [0.15, 0.2) is 42.5 Å². The van der Waals surface area contributed by atoms with Crippen molar-refractivity contribution in [2.45, 2.75) is 58.5 Å². The summed E-state index contributed by atoms with van der Waals surface area (Å²) in [5, 5.41) is 3.71. The minimum atomic E-state index is -3.65. The van der Waals surface area contributed by atoms with E-state index in [1.54, 1.807) is 42.5 Å². The number of para-hydroxylation sites is 2. The maximum atomic E-state index is 13.6. The number of nitrogens with one attached hydrogen (secondary N) is 1. The van der Waals surface area contributed by atoms with E-state index in [9.17, 15) is 18.0 Å². The van der Waals surface area contributed by atoms with E-state index in [-0.39, 0.29) is 37.7 Å². The van der Waals surface area contributed by atoms with Crippen molar-refractivity contribution < 1.29 is 22.7 Å². The normalized spacial score (nSPS) is 12.1. The summed E-state index contributed by atoms with van der Waals surface area (Å²) in [4.78, 5) is 28.1. The highest BCUT2D eigenvalue weighted by Crippen LogP contribution is 2.30. The van der Waals surface area contributed by atoms with Crippen LogP contribution < -0.4 is 14.4 Å². The van der Waals surface area contributed by atoms with Gasteiger partial charge < -0.3 is 15.0 Å². The van der Waals surface area contributed by atoms with Crippen molar-refractivity contribution in [3.05, 3.63) is 58.1 Å². The number of hydrogen-bond acceptors (Lipinski definition) is 5. The van der Waals surface area contributed by atoms with Crippen molar-refractivity contribution in [3.63, 3.8) is 0 Å². The number of nitrogens with zero attached hydrogens (tertiary/aromatic N) is 2. The molecule has 2 aromatic rings. The van der Waals surface area contributed by atoms with Gasteiger partial charge >= 0.3 is 0 Å². The van der Waals surface area contributed by atoms with Crippen molar-refractivity contribution in [2.24, 2.45) is 0 Å². The van der Waals surface area contributed by atoms with Crippen LogP contribution in [0.1, 0.15) is 51.5 Å². The van der Waals surface area contributed by atoms with Gasteiger partial charge in [-0.05, 0) is 43.5 Å². The average molecular weight is 587 g/mol. The van der Waals surface area contributed by atoms with Gasteiger partial charge in [-0.15, -0.1) is 0 Å². The molecule has 0 aliphatic rings. The molecule has 0 heterocycles. The minimum Gasteiger partial charge on any atom is -0.495 e. The van der Waals surface area contributed by atoms with E-state index in [1.807, 2.05) is 13.8 Å². The molecule has 0 aliphatic carbocycles. The number of hydrogen-bond donors (Lipinski definition) is 1. The monoisotopic (exact) mass is 585 g/mol. The predicted molar refractivity (Wildman–Crippen MR) is 153 cm³/mol. The lowest BCUT2D eigenvalue weighted by atomic mass is 10.1. The number of carbonyl (C=O) groups is 2. The smallest absolute Gasteiger partial charge is 0.242 e. The van der Waals surface area contributed by atoms with E-state index >= 15 is 0 Å². The largest absolute Gasteiger partial charge is 0.495 e. The minimum absolute atomic E-state index is 0.0159. The molecule has 0 aliphatic heterocycles. The summed E-state index contributed by atoms with van der Waals surface area (Å²) in [5.41, 5.74) is 0.946. The first-order valence-electron chi connectivity index (χ1n) is 12.7. The van der Waals surface area contributed by atoms with E-state index in [0.29, 0.717) is 40.0 Å².